The summed E-state index contributed by atoms with van der Waals surface area (Å²) in [5, 5.41) is 3.57. The van der Waals surface area contributed by atoms with Gasteiger partial charge in [0.1, 0.15) is 5.82 Å². The van der Waals surface area contributed by atoms with Crippen LogP contribution >= 0.6 is 0 Å². The lowest BCUT2D eigenvalue weighted by Crippen LogP contribution is -2.23. The van der Waals surface area contributed by atoms with Gasteiger partial charge in [-0.25, -0.2) is 4.39 Å². The van der Waals surface area contributed by atoms with Gasteiger partial charge >= 0.3 is 0 Å². The molecule has 0 spiro atoms. The Morgan fingerprint density at radius 3 is 2.10 bits per heavy atom. The van der Waals surface area contributed by atoms with Crippen molar-refractivity contribution in [2.24, 2.45) is 0 Å². The molecule has 2 aromatic carbocycles. The molecule has 0 heterocycles. The van der Waals surface area contributed by atoms with E-state index in [0.717, 1.165) is 18.5 Å². The summed E-state index contributed by atoms with van der Waals surface area (Å²) in [6.07, 6.45) is 1.07. The molecule has 1 unspecified atom stereocenters. The van der Waals surface area contributed by atoms with Crippen molar-refractivity contribution < 1.29 is 4.39 Å². The second kappa shape index (κ2) is 6.86. The number of halogens is 1. The lowest BCUT2D eigenvalue weighted by atomic mass is 9.94. The fraction of sp³-hybridized carbons (Fsp3) is 0.368. The number of benzene rings is 2. The highest BCUT2D eigenvalue weighted by Gasteiger charge is 2.15. The Bertz CT molecular complexity index is 567. The van der Waals surface area contributed by atoms with Crippen LogP contribution in [-0.2, 0) is 0 Å². The van der Waals surface area contributed by atoms with Crippen molar-refractivity contribution in [2.75, 3.05) is 6.54 Å². The molecule has 2 aromatic rings. The Morgan fingerprint density at radius 1 is 0.905 bits per heavy atom. The van der Waals surface area contributed by atoms with E-state index < -0.39 is 0 Å². The first-order valence-corrected chi connectivity index (χ1v) is 7.59. The van der Waals surface area contributed by atoms with Gasteiger partial charge in [-0.2, -0.15) is 0 Å². The van der Waals surface area contributed by atoms with Gasteiger partial charge in [-0.1, -0.05) is 37.3 Å². The highest BCUT2D eigenvalue weighted by molar-refractivity contribution is 5.38. The van der Waals surface area contributed by atoms with E-state index in [1.165, 1.54) is 16.7 Å². The predicted molar refractivity (Wildman–Crippen MR) is 87.2 cm³/mol. The normalized spacial score (nSPS) is 12.4. The van der Waals surface area contributed by atoms with Gasteiger partial charge in [0, 0.05) is 0 Å². The van der Waals surface area contributed by atoms with E-state index in [9.17, 15) is 4.39 Å². The van der Waals surface area contributed by atoms with Crippen molar-refractivity contribution >= 4 is 0 Å². The van der Waals surface area contributed by atoms with Gasteiger partial charge < -0.3 is 5.32 Å². The Morgan fingerprint density at radius 2 is 1.52 bits per heavy atom. The third kappa shape index (κ3) is 3.70. The molecule has 0 radical (unpaired) electrons. The average Bonchev–Trinajstić information content (AvgIpc) is 2.46. The molecule has 0 saturated carbocycles. The van der Waals surface area contributed by atoms with Gasteiger partial charge in [0.05, 0.1) is 6.04 Å². The molecule has 0 fully saturated rings. The highest BCUT2D eigenvalue weighted by atomic mass is 19.1. The van der Waals surface area contributed by atoms with Crippen molar-refractivity contribution in [1.29, 1.82) is 0 Å². The molecule has 2 heteroatoms. The molecule has 21 heavy (non-hydrogen) atoms. The highest BCUT2D eigenvalue weighted by Crippen LogP contribution is 2.25. The fourth-order valence-corrected chi connectivity index (χ4v) is 2.51. The predicted octanol–water partition coefficient (Wildman–Crippen LogP) is 4.84. The molecule has 0 bridgehead atoms. The minimum atomic E-state index is -0.145. The minimum Gasteiger partial charge on any atom is -0.306 e. The van der Waals surface area contributed by atoms with Crippen molar-refractivity contribution in [3.8, 4) is 0 Å². The van der Waals surface area contributed by atoms with Gasteiger partial charge in [-0.05, 0) is 67.6 Å². The molecule has 0 aliphatic carbocycles. The van der Waals surface area contributed by atoms with E-state index in [2.05, 4.69) is 44.3 Å². The fourth-order valence-electron chi connectivity index (χ4n) is 2.51. The first-order chi connectivity index (χ1) is 10.0. The summed E-state index contributed by atoms with van der Waals surface area (Å²) in [5.74, 6) is -0.145. The van der Waals surface area contributed by atoms with Gasteiger partial charge in [-0.15, -0.1) is 0 Å². The van der Waals surface area contributed by atoms with Crippen LogP contribution in [-0.4, -0.2) is 6.54 Å². The van der Waals surface area contributed by atoms with Gasteiger partial charge in [-0.3, -0.25) is 0 Å². The third-order valence-corrected chi connectivity index (χ3v) is 3.98. The quantitative estimate of drug-likeness (QED) is 0.829. The Labute approximate surface area is 127 Å². The SMILES string of the molecule is CCCNC(c1ccc(C)c(C)c1)c1ccc(F)c(C)c1. The molecule has 0 aromatic heterocycles. The molecule has 0 saturated heterocycles. The van der Waals surface area contributed by atoms with Crippen LogP contribution in [0.4, 0.5) is 4.39 Å². The second-order valence-corrected chi connectivity index (χ2v) is 5.74. The monoisotopic (exact) mass is 285 g/mol. The first kappa shape index (κ1) is 15.7. The average molecular weight is 285 g/mol. The summed E-state index contributed by atoms with van der Waals surface area (Å²) >= 11 is 0. The third-order valence-electron chi connectivity index (χ3n) is 3.98. The molecule has 1 nitrogen and oxygen atoms in total. The maximum atomic E-state index is 13.5. The molecular formula is C19H24FN. The zero-order valence-electron chi connectivity index (χ0n) is 13.3. The number of hydrogen-bond acceptors (Lipinski definition) is 1. The summed E-state index contributed by atoms with van der Waals surface area (Å²) in [6.45, 7) is 9.16. The van der Waals surface area contributed by atoms with Gasteiger partial charge in [0.2, 0.25) is 0 Å². The van der Waals surface area contributed by atoms with Crippen LogP contribution < -0.4 is 5.32 Å². The molecular weight excluding hydrogens is 261 g/mol. The molecule has 1 N–H and O–H groups in total. The van der Waals surface area contributed by atoms with E-state index in [1.54, 1.807) is 6.07 Å². The van der Waals surface area contributed by atoms with Crippen molar-refractivity contribution in [2.45, 2.75) is 40.2 Å². The van der Waals surface area contributed by atoms with Crippen LogP contribution in [0.3, 0.4) is 0 Å². The van der Waals surface area contributed by atoms with Crippen LogP contribution in [0.15, 0.2) is 36.4 Å². The van der Waals surface area contributed by atoms with Crippen LogP contribution in [0.2, 0.25) is 0 Å². The maximum absolute atomic E-state index is 13.5. The second-order valence-electron chi connectivity index (χ2n) is 5.74. The van der Waals surface area contributed by atoms with Crippen molar-refractivity contribution in [3.05, 3.63) is 70.0 Å². The van der Waals surface area contributed by atoms with Crippen LogP contribution in [0.5, 0.6) is 0 Å². The zero-order chi connectivity index (χ0) is 15.4. The largest absolute Gasteiger partial charge is 0.306 e. The van der Waals surface area contributed by atoms with Crippen molar-refractivity contribution in [1.82, 2.24) is 5.32 Å². The smallest absolute Gasteiger partial charge is 0.126 e. The number of hydrogen-bond donors (Lipinski definition) is 1. The van der Waals surface area contributed by atoms with E-state index in [0.29, 0.717) is 5.56 Å². The summed E-state index contributed by atoms with van der Waals surface area (Å²) in [6, 6.07) is 12.0. The Hall–Kier alpha value is -1.67. The molecule has 1 atom stereocenters. The first-order valence-electron chi connectivity index (χ1n) is 7.59. The van der Waals surface area contributed by atoms with Crippen LogP contribution in [0.1, 0.15) is 47.2 Å². The summed E-state index contributed by atoms with van der Waals surface area (Å²) in [7, 11) is 0. The van der Waals surface area contributed by atoms with E-state index in [-0.39, 0.29) is 11.9 Å². The minimum absolute atomic E-state index is 0.114. The van der Waals surface area contributed by atoms with Gasteiger partial charge in [0.25, 0.3) is 0 Å². The van der Waals surface area contributed by atoms with Crippen molar-refractivity contribution in [3.63, 3.8) is 0 Å². The van der Waals surface area contributed by atoms with E-state index in [4.69, 9.17) is 0 Å². The zero-order valence-corrected chi connectivity index (χ0v) is 13.3. The molecule has 0 amide bonds. The molecule has 112 valence electrons. The Balaban J connectivity index is 2.41. The maximum Gasteiger partial charge on any atom is 0.126 e. The lowest BCUT2D eigenvalue weighted by molar-refractivity contribution is 0.590. The van der Waals surface area contributed by atoms with Gasteiger partial charge in [0.15, 0.2) is 0 Å². The molecule has 0 aliphatic heterocycles. The lowest BCUT2D eigenvalue weighted by Gasteiger charge is -2.21. The Kier molecular flexibility index (Phi) is 5.13. The molecule has 0 aliphatic rings. The summed E-state index contributed by atoms with van der Waals surface area (Å²) in [5.41, 5.74) is 5.63. The summed E-state index contributed by atoms with van der Waals surface area (Å²) in [4.78, 5) is 0. The number of aryl methyl sites for hydroxylation is 3. The number of nitrogens with one attached hydrogen (secondary N) is 1. The molecule has 2 rings (SSSR count). The van der Waals surface area contributed by atoms with Crippen LogP contribution in [0.25, 0.3) is 0 Å². The topological polar surface area (TPSA) is 12.0 Å². The van der Waals surface area contributed by atoms with E-state index in [1.807, 2.05) is 19.1 Å². The standard InChI is InChI=1S/C19H24FN/c1-5-10-21-19(16-7-6-13(2)14(3)11-16)17-8-9-18(20)15(4)12-17/h6-9,11-12,19,21H,5,10H2,1-4H3. The summed E-state index contributed by atoms with van der Waals surface area (Å²) < 4.78 is 13.5. The number of rotatable bonds is 5. The van der Waals surface area contributed by atoms with Crippen LogP contribution in [0, 0.1) is 26.6 Å². The van der Waals surface area contributed by atoms with E-state index >= 15 is 0 Å².